The summed E-state index contributed by atoms with van der Waals surface area (Å²) in [5.41, 5.74) is 1.32. The van der Waals surface area contributed by atoms with Crippen LogP contribution in [0.5, 0.6) is 5.75 Å². The van der Waals surface area contributed by atoms with Crippen molar-refractivity contribution in [2.45, 2.75) is 50.6 Å². The SMILES string of the molecule is COc1ccc(CN2CCO[C@H]3[C@H]2CC[C@H]3OCCCn2cccn2)cc1. The molecule has 0 N–H and O–H groups in total. The fourth-order valence-electron chi connectivity index (χ4n) is 4.23. The molecule has 1 aliphatic carbocycles. The Hall–Kier alpha value is -1.89. The second-order valence-electron chi connectivity index (χ2n) is 7.33. The van der Waals surface area contributed by atoms with E-state index in [0.29, 0.717) is 6.04 Å². The highest BCUT2D eigenvalue weighted by molar-refractivity contribution is 5.27. The number of aromatic nitrogens is 2. The number of methoxy groups -OCH3 is 1. The summed E-state index contributed by atoms with van der Waals surface area (Å²) in [7, 11) is 1.70. The van der Waals surface area contributed by atoms with Crippen molar-refractivity contribution in [2.75, 3.05) is 26.9 Å². The molecular weight excluding hydrogens is 342 g/mol. The molecule has 0 unspecified atom stereocenters. The summed E-state index contributed by atoms with van der Waals surface area (Å²) in [4.78, 5) is 2.56. The molecule has 1 aliphatic heterocycles. The lowest BCUT2D eigenvalue weighted by Gasteiger charge is -2.39. The maximum atomic E-state index is 6.19. The summed E-state index contributed by atoms with van der Waals surface area (Å²) in [6, 6.07) is 10.8. The van der Waals surface area contributed by atoms with Gasteiger partial charge in [0.1, 0.15) is 5.75 Å². The van der Waals surface area contributed by atoms with Gasteiger partial charge < -0.3 is 14.2 Å². The maximum absolute atomic E-state index is 6.19. The minimum absolute atomic E-state index is 0.196. The molecule has 146 valence electrons. The van der Waals surface area contributed by atoms with Gasteiger partial charge in [-0.1, -0.05) is 12.1 Å². The van der Waals surface area contributed by atoms with E-state index in [4.69, 9.17) is 14.2 Å². The van der Waals surface area contributed by atoms with E-state index in [1.54, 1.807) is 7.11 Å². The average Bonchev–Trinajstić information content (AvgIpc) is 3.36. The Labute approximate surface area is 161 Å². The molecule has 0 bridgehead atoms. The number of nitrogens with zero attached hydrogens (tertiary/aromatic N) is 3. The third-order valence-electron chi connectivity index (χ3n) is 5.62. The second-order valence-corrected chi connectivity index (χ2v) is 7.33. The number of hydrogen-bond acceptors (Lipinski definition) is 5. The van der Waals surface area contributed by atoms with Crippen LogP contribution in [0.15, 0.2) is 42.7 Å². The third-order valence-corrected chi connectivity index (χ3v) is 5.62. The van der Waals surface area contributed by atoms with E-state index in [1.165, 1.54) is 5.56 Å². The maximum Gasteiger partial charge on any atom is 0.118 e. The summed E-state index contributed by atoms with van der Waals surface area (Å²) in [5.74, 6) is 0.906. The van der Waals surface area contributed by atoms with Gasteiger partial charge in [0, 0.05) is 44.7 Å². The van der Waals surface area contributed by atoms with Gasteiger partial charge in [-0.2, -0.15) is 5.10 Å². The predicted octanol–water partition coefficient (Wildman–Crippen LogP) is 2.73. The first-order valence-corrected chi connectivity index (χ1v) is 9.91. The van der Waals surface area contributed by atoms with Crippen molar-refractivity contribution < 1.29 is 14.2 Å². The van der Waals surface area contributed by atoms with Gasteiger partial charge in [-0.15, -0.1) is 0 Å². The molecule has 2 aliphatic rings. The first-order chi connectivity index (χ1) is 13.3. The zero-order valence-electron chi connectivity index (χ0n) is 16.0. The highest BCUT2D eigenvalue weighted by atomic mass is 16.5. The lowest BCUT2D eigenvalue weighted by Crippen LogP contribution is -2.51. The molecular formula is C21H29N3O3. The highest BCUT2D eigenvalue weighted by Gasteiger charge is 2.43. The molecule has 2 aromatic rings. The number of benzene rings is 1. The number of aryl methyl sites for hydroxylation is 1. The smallest absolute Gasteiger partial charge is 0.118 e. The van der Waals surface area contributed by atoms with Crippen molar-refractivity contribution in [3.8, 4) is 5.75 Å². The van der Waals surface area contributed by atoms with Crippen molar-refractivity contribution in [2.24, 2.45) is 0 Å². The van der Waals surface area contributed by atoms with E-state index in [0.717, 1.165) is 57.9 Å². The highest BCUT2D eigenvalue weighted by Crippen LogP contribution is 2.33. The van der Waals surface area contributed by atoms with E-state index in [-0.39, 0.29) is 12.2 Å². The van der Waals surface area contributed by atoms with Crippen LogP contribution in [-0.4, -0.2) is 59.8 Å². The van der Waals surface area contributed by atoms with Crippen LogP contribution < -0.4 is 4.74 Å². The van der Waals surface area contributed by atoms with Crippen LogP contribution in [0.4, 0.5) is 0 Å². The molecule has 0 radical (unpaired) electrons. The number of ether oxygens (including phenoxy) is 3. The third kappa shape index (κ3) is 4.51. The fraction of sp³-hybridized carbons (Fsp3) is 0.571. The van der Waals surface area contributed by atoms with Crippen molar-refractivity contribution in [3.05, 3.63) is 48.3 Å². The molecule has 27 heavy (non-hydrogen) atoms. The van der Waals surface area contributed by atoms with Gasteiger partial charge in [0.25, 0.3) is 0 Å². The molecule has 2 heterocycles. The lowest BCUT2D eigenvalue weighted by atomic mass is 10.1. The number of morpholine rings is 1. The van der Waals surface area contributed by atoms with Crippen molar-refractivity contribution >= 4 is 0 Å². The van der Waals surface area contributed by atoms with Gasteiger partial charge in [0.15, 0.2) is 0 Å². The monoisotopic (exact) mass is 371 g/mol. The molecule has 1 saturated carbocycles. The predicted molar refractivity (Wildman–Crippen MR) is 103 cm³/mol. The molecule has 6 nitrogen and oxygen atoms in total. The van der Waals surface area contributed by atoms with E-state index < -0.39 is 0 Å². The largest absolute Gasteiger partial charge is 0.497 e. The first-order valence-electron chi connectivity index (χ1n) is 9.91. The average molecular weight is 371 g/mol. The Kier molecular flexibility index (Phi) is 6.07. The molecule has 1 aromatic carbocycles. The van der Waals surface area contributed by atoms with Crippen molar-refractivity contribution in [3.63, 3.8) is 0 Å². The molecule has 2 fully saturated rings. The lowest BCUT2D eigenvalue weighted by molar-refractivity contribution is -0.115. The Morgan fingerprint density at radius 3 is 2.89 bits per heavy atom. The molecule has 0 amide bonds. The van der Waals surface area contributed by atoms with E-state index in [9.17, 15) is 0 Å². The normalized spacial score (nSPS) is 25.4. The minimum Gasteiger partial charge on any atom is -0.497 e. The molecule has 4 rings (SSSR count). The topological polar surface area (TPSA) is 48.8 Å². The van der Waals surface area contributed by atoms with Crippen LogP contribution in [0.25, 0.3) is 0 Å². The van der Waals surface area contributed by atoms with Gasteiger partial charge in [-0.05, 0) is 43.0 Å². The van der Waals surface area contributed by atoms with Gasteiger partial charge in [-0.3, -0.25) is 9.58 Å². The Balaban J connectivity index is 1.27. The van der Waals surface area contributed by atoms with Crippen LogP contribution in [0.2, 0.25) is 0 Å². The van der Waals surface area contributed by atoms with Crippen LogP contribution >= 0.6 is 0 Å². The van der Waals surface area contributed by atoms with Crippen molar-refractivity contribution in [1.82, 2.24) is 14.7 Å². The van der Waals surface area contributed by atoms with Gasteiger partial charge in [0.2, 0.25) is 0 Å². The summed E-state index contributed by atoms with van der Waals surface area (Å²) < 4.78 is 19.5. The molecule has 3 atom stereocenters. The number of hydrogen-bond donors (Lipinski definition) is 0. The number of fused-ring (bicyclic) bond motifs is 1. The van der Waals surface area contributed by atoms with E-state index in [2.05, 4.69) is 22.1 Å². The van der Waals surface area contributed by atoms with Crippen LogP contribution in [0.1, 0.15) is 24.8 Å². The Bertz CT molecular complexity index is 689. The van der Waals surface area contributed by atoms with Crippen LogP contribution in [0, 0.1) is 0 Å². The molecule has 1 aromatic heterocycles. The molecule has 6 heteroatoms. The summed E-state index contributed by atoms with van der Waals surface area (Å²) in [6.07, 6.45) is 7.42. The molecule has 1 saturated heterocycles. The van der Waals surface area contributed by atoms with Gasteiger partial charge >= 0.3 is 0 Å². The molecule has 0 spiro atoms. The fourth-order valence-corrected chi connectivity index (χ4v) is 4.23. The first kappa shape index (κ1) is 18.5. The standard InChI is InChI=1S/C21H29N3O3/c1-25-18-6-4-17(5-7-18)16-23-13-15-27-21-19(23)8-9-20(21)26-14-3-12-24-11-2-10-22-24/h2,4-7,10-11,19-21H,3,8-9,12-16H2,1H3/t19-,20-,21+/m1/s1. The number of rotatable bonds is 8. The Morgan fingerprint density at radius 2 is 2.11 bits per heavy atom. The van der Waals surface area contributed by atoms with E-state index >= 15 is 0 Å². The van der Waals surface area contributed by atoms with Gasteiger partial charge in [-0.25, -0.2) is 0 Å². The Morgan fingerprint density at radius 1 is 1.22 bits per heavy atom. The van der Waals surface area contributed by atoms with Crippen LogP contribution in [-0.2, 0) is 22.6 Å². The summed E-state index contributed by atoms with van der Waals surface area (Å²) >= 11 is 0. The van der Waals surface area contributed by atoms with E-state index in [1.807, 2.05) is 35.3 Å². The summed E-state index contributed by atoms with van der Waals surface area (Å²) in [6.45, 7) is 4.39. The van der Waals surface area contributed by atoms with Crippen molar-refractivity contribution in [1.29, 1.82) is 0 Å². The minimum atomic E-state index is 0.196. The summed E-state index contributed by atoms with van der Waals surface area (Å²) in [5, 5.41) is 4.23. The quantitative estimate of drug-likeness (QED) is 0.668. The zero-order chi connectivity index (χ0) is 18.5. The van der Waals surface area contributed by atoms with Crippen LogP contribution in [0.3, 0.4) is 0 Å². The van der Waals surface area contributed by atoms with Gasteiger partial charge in [0.05, 0.1) is 25.9 Å². The zero-order valence-corrected chi connectivity index (χ0v) is 16.0. The second kappa shape index (κ2) is 8.87.